The highest BCUT2D eigenvalue weighted by Crippen LogP contribution is 2.34. The van der Waals surface area contributed by atoms with Crippen LogP contribution in [0.3, 0.4) is 0 Å². The van der Waals surface area contributed by atoms with E-state index in [1.54, 1.807) is 28.6 Å². The summed E-state index contributed by atoms with van der Waals surface area (Å²) >= 11 is 2.63. The predicted molar refractivity (Wildman–Crippen MR) is 140 cm³/mol. The maximum Gasteiger partial charge on any atom is 0.253 e. The van der Waals surface area contributed by atoms with E-state index in [2.05, 4.69) is 11.9 Å². The molecule has 1 aliphatic rings. The van der Waals surface area contributed by atoms with Gasteiger partial charge in [-0.25, -0.2) is 13.4 Å². The van der Waals surface area contributed by atoms with Crippen LogP contribution in [-0.2, 0) is 27.8 Å². The van der Waals surface area contributed by atoms with Crippen molar-refractivity contribution in [1.82, 2.24) is 14.3 Å². The van der Waals surface area contributed by atoms with E-state index in [0.29, 0.717) is 18.1 Å². The number of aryl methyl sites for hydroxylation is 1. The van der Waals surface area contributed by atoms with Gasteiger partial charge in [0.2, 0.25) is 5.91 Å². The number of hydrogen-bond donors (Lipinski definition) is 0. The van der Waals surface area contributed by atoms with Gasteiger partial charge in [-0.3, -0.25) is 14.7 Å². The van der Waals surface area contributed by atoms with E-state index in [0.717, 1.165) is 40.7 Å². The van der Waals surface area contributed by atoms with E-state index < -0.39 is 16.1 Å². The van der Waals surface area contributed by atoms with E-state index in [1.807, 2.05) is 36.4 Å². The fraction of sp³-hybridized carbons (Fsp3) is 0.320. The standard InChI is InChI=1S/C25H26N4O3S3/c1-2-18-9-7-12-21-23(18)27-25(34-21)28(17-19-10-3-5-14-26-19)24(30)20-11-4-6-15-29(20)35(31,32)22-13-8-16-33-22/h3,5,7-10,12-14,16,20H,2,4,6,11,15,17H2,1H3. The van der Waals surface area contributed by atoms with Crippen LogP contribution in [0.15, 0.2) is 64.3 Å². The molecule has 35 heavy (non-hydrogen) atoms. The molecule has 3 aromatic heterocycles. The maximum absolute atomic E-state index is 14.1. The van der Waals surface area contributed by atoms with Gasteiger partial charge in [0.05, 0.1) is 22.5 Å². The molecule has 0 radical (unpaired) electrons. The Kier molecular flexibility index (Phi) is 6.97. The topological polar surface area (TPSA) is 83.5 Å². The van der Waals surface area contributed by atoms with E-state index in [-0.39, 0.29) is 16.7 Å². The molecule has 5 rings (SSSR count). The number of nitrogens with zero attached hydrogens (tertiary/aromatic N) is 4. The molecule has 4 heterocycles. The number of pyridine rings is 1. The summed E-state index contributed by atoms with van der Waals surface area (Å²) in [5.41, 5.74) is 2.73. The second-order valence-electron chi connectivity index (χ2n) is 8.42. The zero-order valence-electron chi connectivity index (χ0n) is 19.3. The summed E-state index contributed by atoms with van der Waals surface area (Å²) in [6.45, 7) is 2.64. The number of carbonyl (C=O) groups is 1. The minimum atomic E-state index is -3.77. The summed E-state index contributed by atoms with van der Waals surface area (Å²) in [5.74, 6) is -0.257. The molecule has 0 N–H and O–H groups in total. The molecule has 0 bridgehead atoms. The van der Waals surface area contributed by atoms with Crippen molar-refractivity contribution in [2.75, 3.05) is 11.4 Å². The van der Waals surface area contributed by atoms with Gasteiger partial charge in [-0.1, -0.05) is 48.9 Å². The second-order valence-corrected chi connectivity index (χ2v) is 12.5. The zero-order valence-corrected chi connectivity index (χ0v) is 21.8. The summed E-state index contributed by atoms with van der Waals surface area (Å²) in [6, 6.07) is 14.2. The van der Waals surface area contributed by atoms with Gasteiger partial charge >= 0.3 is 0 Å². The molecule has 1 atom stereocenters. The summed E-state index contributed by atoms with van der Waals surface area (Å²) < 4.78 is 29.5. The highest BCUT2D eigenvalue weighted by molar-refractivity contribution is 7.91. The van der Waals surface area contributed by atoms with Crippen molar-refractivity contribution in [1.29, 1.82) is 0 Å². The average molecular weight is 527 g/mol. The van der Waals surface area contributed by atoms with Crippen LogP contribution in [-0.4, -0.2) is 41.2 Å². The van der Waals surface area contributed by atoms with Crippen LogP contribution >= 0.6 is 22.7 Å². The zero-order chi connectivity index (χ0) is 24.4. The maximum atomic E-state index is 14.1. The number of benzene rings is 1. The number of thiophene rings is 1. The molecule has 1 aromatic carbocycles. The van der Waals surface area contributed by atoms with Crippen molar-refractivity contribution in [3.05, 3.63) is 71.4 Å². The number of amides is 1. The number of fused-ring (bicyclic) bond motifs is 1. The highest BCUT2D eigenvalue weighted by Gasteiger charge is 2.41. The largest absolute Gasteiger partial charge is 0.281 e. The first kappa shape index (κ1) is 24.1. The van der Waals surface area contributed by atoms with Gasteiger partial charge in [0.25, 0.3) is 10.0 Å². The minimum absolute atomic E-state index is 0.227. The minimum Gasteiger partial charge on any atom is -0.281 e. The summed E-state index contributed by atoms with van der Waals surface area (Å²) in [4.78, 5) is 25.0. The van der Waals surface area contributed by atoms with Gasteiger partial charge in [0.1, 0.15) is 10.3 Å². The van der Waals surface area contributed by atoms with Crippen LogP contribution < -0.4 is 4.90 Å². The lowest BCUT2D eigenvalue weighted by atomic mass is 10.0. The smallest absolute Gasteiger partial charge is 0.253 e. The molecule has 1 unspecified atom stereocenters. The summed E-state index contributed by atoms with van der Waals surface area (Å²) in [5, 5.41) is 2.31. The molecular weight excluding hydrogens is 501 g/mol. The number of sulfonamides is 1. The average Bonchev–Trinajstić information content (AvgIpc) is 3.58. The third kappa shape index (κ3) is 4.75. The Labute approximate surface area is 213 Å². The molecule has 1 aliphatic heterocycles. The summed E-state index contributed by atoms with van der Waals surface area (Å²) in [6.07, 6.45) is 4.54. The fourth-order valence-electron chi connectivity index (χ4n) is 4.43. The number of para-hydroxylation sites is 1. The molecule has 7 nitrogen and oxygen atoms in total. The molecule has 10 heteroatoms. The SMILES string of the molecule is CCc1cccc2sc(N(Cc3ccccn3)C(=O)C3CCCCN3S(=O)(=O)c3cccs3)nc12. The molecule has 1 amide bonds. The van der Waals surface area contributed by atoms with E-state index in [9.17, 15) is 13.2 Å². The molecule has 0 spiro atoms. The Hall–Kier alpha value is -2.66. The van der Waals surface area contributed by atoms with Crippen molar-refractivity contribution >= 4 is 54.0 Å². The monoisotopic (exact) mass is 526 g/mol. The van der Waals surface area contributed by atoms with Gasteiger partial charge in [-0.05, 0) is 54.5 Å². The van der Waals surface area contributed by atoms with E-state index in [4.69, 9.17) is 4.98 Å². The molecular formula is C25H26N4O3S3. The summed E-state index contributed by atoms with van der Waals surface area (Å²) in [7, 11) is -3.77. The third-order valence-corrected chi connectivity index (χ3v) is 10.5. The third-order valence-electron chi connectivity index (χ3n) is 6.21. The molecule has 182 valence electrons. The van der Waals surface area contributed by atoms with Crippen LogP contribution in [0, 0.1) is 0 Å². The lowest BCUT2D eigenvalue weighted by molar-refractivity contribution is -0.123. The first-order chi connectivity index (χ1) is 17.0. The first-order valence-electron chi connectivity index (χ1n) is 11.6. The Morgan fingerprint density at radius 3 is 2.77 bits per heavy atom. The molecule has 0 saturated carbocycles. The van der Waals surface area contributed by atoms with Crippen molar-refractivity contribution in [3.8, 4) is 0 Å². The second kappa shape index (κ2) is 10.1. The number of thiazole rings is 1. The van der Waals surface area contributed by atoms with Gasteiger partial charge in [-0.15, -0.1) is 11.3 Å². The quantitative estimate of drug-likeness (QED) is 0.335. The van der Waals surface area contributed by atoms with Crippen LogP contribution in [0.5, 0.6) is 0 Å². The van der Waals surface area contributed by atoms with Crippen LogP contribution in [0.1, 0.15) is 37.4 Å². The van der Waals surface area contributed by atoms with E-state index >= 15 is 0 Å². The van der Waals surface area contributed by atoms with Crippen molar-refractivity contribution in [2.45, 2.75) is 49.4 Å². The fourth-order valence-corrected chi connectivity index (χ4v) is 8.22. The lowest BCUT2D eigenvalue weighted by Crippen LogP contribution is -2.52. The van der Waals surface area contributed by atoms with Gasteiger partial charge < -0.3 is 0 Å². The number of rotatable bonds is 7. The number of anilines is 1. The predicted octanol–water partition coefficient (Wildman–Crippen LogP) is 5.09. The Bertz CT molecular complexity index is 1420. The van der Waals surface area contributed by atoms with Crippen LogP contribution in [0.2, 0.25) is 0 Å². The van der Waals surface area contributed by atoms with Crippen molar-refractivity contribution in [3.63, 3.8) is 0 Å². The van der Waals surface area contributed by atoms with Gasteiger partial charge in [0.15, 0.2) is 5.13 Å². The number of piperidine rings is 1. The normalized spacial score (nSPS) is 17.0. The Balaban J connectivity index is 1.56. The van der Waals surface area contributed by atoms with Crippen molar-refractivity contribution in [2.24, 2.45) is 0 Å². The number of carbonyl (C=O) groups excluding carboxylic acids is 1. The van der Waals surface area contributed by atoms with Crippen LogP contribution in [0.4, 0.5) is 5.13 Å². The number of aromatic nitrogens is 2. The Morgan fingerprint density at radius 1 is 1.14 bits per heavy atom. The highest BCUT2D eigenvalue weighted by atomic mass is 32.2. The van der Waals surface area contributed by atoms with E-state index in [1.165, 1.54) is 27.0 Å². The van der Waals surface area contributed by atoms with Gasteiger partial charge in [0, 0.05) is 12.7 Å². The lowest BCUT2D eigenvalue weighted by Gasteiger charge is -2.35. The molecule has 1 saturated heterocycles. The van der Waals surface area contributed by atoms with Crippen molar-refractivity contribution < 1.29 is 13.2 Å². The number of hydrogen-bond acceptors (Lipinski definition) is 7. The Morgan fingerprint density at radius 2 is 2.03 bits per heavy atom. The molecule has 1 fully saturated rings. The first-order valence-corrected chi connectivity index (χ1v) is 14.8. The molecule has 4 aromatic rings. The van der Waals surface area contributed by atoms with Crippen LogP contribution in [0.25, 0.3) is 10.2 Å². The molecule has 0 aliphatic carbocycles. The van der Waals surface area contributed by atoms with Gasteiger partial charge in [-0.2, -0.15) is 4.31 Å².